The van der Waals surface area contributed by atoms with Crippen LogP contribution < -0.4 is 14.8 Å². The van der Waals surface area contributed by atoms with Crippen LogP contribution in [0.4, 0.5) is 0 Å². The molecule has 1 aromatic heterocycles. The minimum atomic E-state index is 0.0143. The van der Waals surface area contributed by atoms with E-state index in [1.54, 1.807) is 18.4 Å². The summed E-state index contributed by atoms with van der Waals surface area (Å²) >= 11 is 1.68. The summed E-state index contributed by atoms with van der Waals surface area (Å²) in [5.41, 5.74) is 4.05. The number of carbonyl (C=O) groups excluding carboxylic acids is 1. The Morgan fingerprint density at radius 1 is 1.48 bits per heavy atom. The van der Waals surface area contributed by atoms with Crippen LogP contribution >= 0.6 is 11.3 Å². The van der Waals surface area contributed by atoms with Crippen molar-refractivity contribution < 1.29 is 14.3 Å². The van der Waals surface area contributed by atoms with Gasteiger partial charge in [-0.25, -0.2) is 4.98 Å². The predicted octanol–water partition coefficient (Wildman–Crippen LogP) is 2.79. The number of hydrogen-bond acceptors (Lipinski definition) is 6. The monoisotopic (exact) mass is 389 g/mol. The Morgan fingerprint density at radius 2 is 2.33 bits per heavy atom. The lowest BCUT2D eigenvalue weighted by atomic mass is 10.2. The first-order valence-electron chi connectivity index (χ1n) is 9.26. The van der Waals surface area contributed by atoms with Crippen molar-refractivity contribution in [2.75, 3.05) is 26.7 Å². The molecule has 0 spiro atoms. The highest BCUT2D eigenvalue weighted by Crippen LogP contribution is 2.29. The van der Waals surface area contributed by atoms with E-state index in [0.29, 0.717) is 26.2 Å². The van der Waals surface area contributed by atoms with Gasteiger partial charge in [-0.2, -0.15) is 0 Å². The number of hydrogen-bond donors (Lipinski definition) is 1. The van der Waals surface area contributed by atoms with E-state index < -0.39 is 0 Å². The Balaban J connectivity index is 1.48. The number of nitrogens with zero attached hydrogens (tertiary/aromatic N) is 2. The van der Waals surface area contributed by atoms with Crippen molar-refractivity contribution in [1.29, 1.82) is 0 Å². The molecule has 7 heteroatoms. The van der Waals surface area contributed by atoms with E-state index >= 15 is 0 Å². The first-order valence-corrected chi connectivity index (χ1v) is 10.1. The van der Waals surface area contributed by atoms with Gasteiger partial charge in [-0.15, -0.1) is 11.3 Å². The first kappa shape index (κ1) is 19.6. The number of thiazole rings is 1. The van der Waals surface area contributed by atoms with Crippen LogP contribution in [0.15, 0.2) is 23.7 Å². The summed E-state index contributed by atoms with van der Waals surface area (Å²) < 4.78 is 11.3. The van der Waals surface area contributed by atoms with Crippen LogP contribution in [-0.2, 0) is 17.8 Å². The maximum atomic E-state index is 12.3. The van der Waals surface area contributed by atoms with Gasteiger partial charge in [0, 0.05) is 36.1 Å². The van der Waals surface area contributed by atoms with Gasteiger partial charge in [-0.05, 0) is 32.8 Å². The zero-order valence-electron chi connectivity index (χ0n) is 16.2. The van der Waals surface area contributed by atoms with E-state index in [1.165, 1.54) is 4.88 Å². The van der Waals surface area contributed by atoms with Crippen molar-refractivity contribution in [3.63, 3.8) is 0 Å². The minimum Gasteiger partial charge on any atom is -0.497 e. The van der Waals surface area contributed by atoms with Crippen molar-refractivity contribution >= 4 is 17.2 Å². The molecular weight excluding hydrogens is 362 g/mol. The molecule has 1 atom stereocenters. The number of aromatic nitrogens is 1. The zero-order chi connectivity index (χ0) is 19.2. The maximum Gasteiger partial charge on any atom is 0.234 e. The number of amides is 1. The summed E-state index contributed by atoms with van der Waals surface area (Å²) in [7, 11) is 1.65. The van der Waals surface area contributed by atoms with Crippen molar-refractivity contribution in [2.45, 2.75) is 39.3 Å². The molecule has 1 unspecified atom stereocenters. The normalized spacial score (nSPS) is 16.9. The van der Waals surface area contributed by atoms with Crippen LogP contribution in [0.3, 0.4) is 0 Å². The van der Waals surface area contributed by atoms with Crippen molar-refractivity contribution in [1.82, 2.24) is 15.2 Å². The van der Waals surface area contributed by atoms with E-state index in [1.807, 2.05) is 37.6 Å². The first-order chi connectivity index (χ1) is 13.0. The summed E-state index contributed by atoms with van der Waals surface area (Å²) in [6.45, 7) is 6.52. The number of carbonyl (C=O) groups is 1. The summed E-state index contributed by atoms with van der Waals surface area (Å²) in [6.07, 6.45) is 1.90. The van der Waals surface area contributed by atoms with Gasteiger partial charge in [0.05, 0.1) is 24.9 Å². The Morgan fingerprint density at radius 3 is 3.07 bits per heavy atom. The van der Waals surface area contributed by atoms with Gasteiger partial charge < -0.3 is 14.8 Å². The average molecular weight is 390 g/mol. The molecule has 0 saturated carbocycles. The number of aryl methyl sites for hydroxylation is 2. The lowest BCUT2D eigenvalue weighted by Gasteiger charge is -2.21. The molecule has 0 fully saturated rings. The smallest absolute Gasteiger partial charge is 0.234 e. The number of methoxy groups -OCH3 is 1. The van der Waals surface area contributed by atoms with Crippen molar-refractivity contribution in [3.05, 3.63) is 39.8 Å². The number of ether oxygens (including phenoxy) is 2. The SMILES string of the molecule is COc1ccc2c(c1)OC(C)CN(CC(=O)NCCCc1scnc1C)C2. The molecule has 1 aliphatic heterocycles. The van der Waals surface area contributed by atoms with E-state index in [9.17, 15) is 4.79 Å². The molecule has 1 aliphatic rings. The van der Waals surface area contributed by atoms with Gasteiger partial charge in [0.2, 0.25) is 5.91 Å². The van der Waals surface area contributed by atoms with Gasteiger partial charge in [-0.3, -0.25) is 9.69 Å². The molecule has 0 aliphatic carbocycles. The molecule has 1 amide bonds. The molecule has 0 bridgehead atoms. The molecular formula is C20H27N3O3S. The third kappa shape index (κ3) is 5.43. The summed E-state index contributed by atoms with van der Waals surface area (Å²) in [6, 6.07) is 5.85. The second-order valence-corrected chi connectivity index (χ2v) is 7.83. The highest BCUT2D eigenvalue weighted by atomic mass is 32.1. The quantitative estimate of drug-likeness (QED) is 0.738. The van der Waals surface area contributed by atoms with Crippen LogP contribution in [0.1, 0.15) is 29.5 Å². The van der Waals surface area contributed by atoms with Gasteiger partial charge in [0.15, 0.2) is 0 Å². The molecule has 1 N–H and O–H groups in total. The van der Waals surface area contributed by atoms with Crippen molar-refractivity contribution in [2.24, 2.45) is 0 Å². The van der Waals surface area contributed by atoms with Crippen LogP contribution in [0, 0.1) is 6.92 Å². The fourth-order valence-electron chi connectivity index (χ4n) is 3.25. The van der Waals surface area contributed by atoms with E-state index in [4.69, 9.17) is 9.47 Å². The number of nitrogens with one attached hydrogen (secondary N) is 1. The topological polar surface area (TPSA) is 63.7 Å². The Hall–Kier alpha value is -2.12. The fourth-order valence-corrected chi connectivity index (χ4v) is 4.07. The largest absolute Gasteiger partial charge is 0.497 e. The van der Waals surface area contributed by atoms with Gasteiger partial charge >= 0.3 is 0 Å². The molecule has 0 radical (unpaired) electrons. The highest BCUT2D eigenvalue weighted by molar-refractivity contribution is 7.09. The van der Waals surface area contributed by atoms with Crippen LogP contribution in [0.5, 0.6) is 11.5 Å². The maximum absolute atomic E-state index is 12.3. The lowest BCUT2D eigenvalue weighted by molar-refractivity contribution is -0.122. The van der Waals surface area contributed by atoms with Crippen LogP contribution in [-0.4, -0.2) is 48.6 Å². The van der Waals surface area contributed by atoms with Crippen LogP contribution in [0.2, 0.25) is 0 Å². The summed E-state index contributed by atoms with van der Waals surface area (Å²) in [5.74, 6) is 1.67. The van der Waals surface area contributed by atoms with Crippen LogP contribution in [0.25, 0.3) is 0 Å². The predicted molar refractivity (Wildman–Crippen MR) is 107 cm³/mol. The Bertz CT molecular complexity index is 778. The third-order valence-corrected chi connectivity index (χ3v) is 5.62. The molecule has 146 valence electrons. The number of fused-ring (bicyclic) bond motifs is 1. The van der Waals surface area contributed by atoms with Gasteiger partial charge in [-0.1, -0.05) is 6.07 Å². The van der Waals surface area contributed by atoms with Gasteiger partial charge in [0.1, 0.15) is 17.6 Å². The second kappa shape index (κ2) is 9.19. The van der Waals surface area contributed by atoms with Gasteiger partial charge in [0.25, 0.3) is 0 Å². The molecule has 1 aromatic carbocycles. The molecule has 27 heavy (non-hydrogen) atoms. The second-order valence-electron chi connectivity index (χ2n) is 6.89. The minimum absolute atomic E-state index is 0.0143. The molecule has 2 aromatic rings. The number of benzene rings is 1. The summed E-state index contributed by atoms with van der Waals surface area (Å²) in [4.78, 5) is 20.0. The third-order valence-electron chi connectivity index (χ3n) is 4.63. The Labute approximate surface area is 164 Å². The molecule has 2 heterocycles. The van der Waals surface area contributed by atoms with Crippen molar-refractivity contribution in [3.8, 4) is 11.5 Å². The summed E-state index contributed by atoms with van der Waals surface area (Å²) in [5, 5.41) is 3.03. The number of rotatable bonds is 7. The molecule has 0 saturated heterocycles. The van der Waals surface area contributed by atoms with E-state index in [0.717, 1.165) is 35.6 Å². The zero-order valence-corrected chi connectivity index (χ0v) is 17.0. The lowest BCUT2D eigenvalue weighted by Crippen LogP contribution is -2.40. The molecule has 6 nitrogen and oxygen atoms in total. The van der Waals surface area contributed by atoms with E-state index in [-0.39, 0.29) is 12.0 Å². The average Bonchev–Trinajstić information content (AvgIpc) is 2.97. The standard InChI is InChI=1S/C20H27N3O3S/c1-14-10-23(11-16-6-7-17(25-3)9-18(16)26-14)12-20(24)21-8-4-5-19-15(2)22-13-27-19/h6-7,9,13-14H,4-5,8,10-12H2,1-3H3,(H,21,24). The Kier molecular flexibility index (Phi) is 6.68. The molecule has 3 rings (SSSR count). The highest BCUT2D eigenvalue weighted by Gasteiger charge is 2.22. The fraction of sp³-hybridized carbons (Fsp3) is 0.500. The van der Waals surface area contributed by atoms with E-state index in [2.05, 4.69) is 15.2 Å².